The molecule has 0 aliphatic rings. The fourth-order valence-corrected chi connectivity index (χ4v) is 0.443. The summed E-state index contributed by atoms with van der Waals surface area (Å²) in [6, 6.07) is 0. The number of hydrogen-bond acceptors (Lipinski definition) is 1. The molecule has 58 valence electrons. The highest BCUT2D eigenvalue weighted by atomic mass is 19.3. The van der Waals surface area contributed by atoms with Gasteiger partial charge in [0, 0.05) is 12.1 Å². The van der Waals surface area contributed by atoms with E-state index in [1.54, 1.807) is 0 Å². The quantitative estimate of drug-likeness (QED) is 0.542. The summed E-state index contributed by atoms with van der Waals surface area (Å²) in [5.74, 6) is -2.62. The Kier molecular flexibility index (Phi) is 3.19. The van der Waals surface area contributed by atoms with Crippen molar-refractivity contribution in [1.82, 2.24) is 0 Å². The van der Waals surface area contributed by atoms with Gasteiger partial charge in [0.15, 0.2) is 0 Å². The lowest BCUT2D eigenvalue weighted by atomic mass is 10.2. The number of halogens is 2. The third kappa shape index (κ3) is 5.41. The topological polar surface area (TPSA) is 12.4 Å². The Bertz CT molecular complexity index is 135. The molecule has 0 amide bonds. The predicted octanol–water partition coefficient (Wildman–Crippen LogP) is 2.64. The highest BCUT2D eigenvalue weighted by molar-refractivity contribution is 5.27. The fraction of sp³-hybridized carbons (Fsp3) is 0.571. The van der Waals surface area contributed by atoms with Crippen LogP contribution in [0.15, 0.2) is 17.3 Å². The van der Waals surface area contributed by atoms with E-state index in [-0.39, 0.29) is 12.8 Å². The lowest BCUT2D eigenvalue weighted by molar-refractivity contribution is 0.0133. The van der Waals surface area contributed by atoms with Gasteiger partial charge in [0.2, 0.25) is 5.92 Å². The van der Waals surface area contributed by atoms with Crippen LogP contribution in [0.1, 0.15) is 19.8 Å². The maximum absolute atomic E-state index is 12.1. The van der Waals surface area contributed by atoms with Gasteiger partial charge in [-0.1, -0.05) is 6.58 Å². The molecule has 0 aromatic rings. The molecule has 0 saturated carbocycles. The summed E-state index contributed by atoms with van der Waals surface area (Å²) in [4.78, 5) is 3.41. The van der Waals surface area contributed by atoms with Crippen molar-refractivity contribution in [1.29, 1.82) is 0 Å². The fourth-order valence-electron chi connectivity index (χ4n) is 0.443. The van der Waals surface area contributed by atoms with Crippen LogP contribution in [0, 0.1) is 0 Å². The maximum Gasteiger partial charge on any atom is 0.245 e. The molecule has 0 heterocycles. The van der Waals surface area contributed by atoms with E-state index in [1.807, 2.05) is 0 Å². The van der Waals surface area contributed by atoms with Crippen molar-refractivity contribution < 1.29 is 8.78 Å². The van der Waals surface area contributed by atoms with Crippen molar-refractivity contribution >= 4 is 6.72 Å². The van der Waals surface area contributed by atoms with E-state index in [0.29, 0.717) is 5.70 Å². The van der Waals surface area contributed by atoms with Gasteiger partial charge in [-0.3, -0.25) is 4.99 Å². The van der Waals surface area contributed by atoms with Gasteiger partial charge >= 0.3 is 0 Å². The third-order valence-corrected chi connectivity index (χ3v) is 1.08. The van der Waals surface area contributed by atoms with Crippen LogP contribution in [-0.4, -0.2) is 12.6 Å². The lowest BCUT2D eigenvalue weighted by Gasteiger charge is -2.08. The van der Waals surface area contributed by atoms with Crippen LogP contribution in [-0.2, 0) is 0 Å². The molecule has 0 aliphatic heterocycles. The Balaban J connectivity index is 3.55. The standard InChI is InChI=1S/C7H11F2N/c1-6(10-3)4-5-7(2,8)9/h1,3-5H2,2H3. The summed E-state index contributed by atoms with van der Waals surface area (Å²) in [5, 5.41) is 0. The third-order valence-electron chi connectivity index (χ3n) is 1.08. The molecule has 0 radical (unpaired) electrons. The first kappa shape index (κ1) is 9.27. The molecule has 0 fully saturated rings. The Hall–Kier alpha value is -0.730. The van der Waals surface area contributed by atoms with Crippen LogP contribution < -0.4 is 0 Å². The SMILES string of the molecule is C=NC(=C)CCC(C)(F)F. The summed E-state index contributed by atoms with van der Waals surface area (Å²) in [6.07, 6.45) is 0.0118. The highest BCUT2D eigenvalue weighted by Crippen LogP contribution is 2.20. The summed E-state index contributed by atoms with van der Waals surface area (Å²) >= 11 is 0. The molecular formula is C7H11F2N. The Morgan fingerprint density at radius 1 is 1.60 bits per heavy atom. The van der Waals surface area contributed by atoms with E-state index in [2.05, 4.69) is 18.3 Å². The molecule has 0 aromatic heterocycles. The molecule has 0 saturated heterocycles. The predicted molar refractivity (Wildman–Crippen MR) is 38.5 cm³/mol. The van der Waals surface area contributed by atoms with Crippen LogP contribution in [0.25, 0.3) is 0 Å². The van der Waals surface area contributed by atoms with E-state index in [1.165, 1.54) is 0 Å². The zero-order chi connectivity index (χ0) is 8.20. The van der Waals surface area contributed by atoms with Crippen molar-refractivity contribution in [3.05, 3.63) is 12.3 Å². The zero-order valence-electron chi connectivity index (χ0n) is 6.03. The molecule has 0 bridgehead atoms. The lowest BCUT2D eigenvalue weighted by Crippen LogP contribution is -2.08. The normalized spacial score (nSPS) is 11.1. The van der Waals surface area contributed by atoms with Gasteiger partial charge in [0.1, 0.15) is 0 Å². The number of hydrogen-bond donors (Lipinski definition) is 0. The van der Waals surface area contributed by atoms with Crippen molar-refractivity contribution in [2.75, 3.05) is 0 Å². The van der Waals surface area contributed by atoms with Crippen molar-refractivity contribution in [3.8, 4) is 0 Å². The Morgan fingerprint density at radius 3 is 2.40 bits per heavy atom. The van der Waals surface area contributed by atoms with Gasteiger partial charge in [-0.2, -0.15) is 0 Å². The Morgan fingerprint density at radius 2 is 2.10 bits per heavy atom. The number of nitrogens with zero attached hydrogens (tertiary/aromatic N) is 1. The van der Waals surface area contributed by atoms with Gasteiger partial charge in [-0.15, -0.1) is 0 Å². The van der Waals surface area contributed by atoms with Crippen LogP contribution in [0.3, 0.4) is 0 Å². The van der Waals surface area contributed by atoms with E-state index < -0.39 is 5.92 Å². The molecule has 0 aliphatic carbocycles. The number of allylic oxidation sites excluding steroid dienone is 1. The zero-order valence-corrected chi connectivity index (χ0v) is 6.03. The van der Waals surface area contributed by atoms with Crippen LogP contribution >= 0.6 is 0 Å². The molecule has 0 atom stereocenters. The van der Waals surface area contributed by atoms with E-state index in [9.17, 15) is 8.78 Å². The summed E-state index contributed by atoms with van der Waals surface area (Å²) in [7, 11) is 0. The molecule has 0 aromatic carbocycles. The molecule has 0 spiro atoms. The summed E-state index contributed by atoms with van der Waals surface area (Å²) in [6.45, 7) is 7.46. The molecule has 0 rings (SSSR count). The van der Waals surface area contributed by atoms with Crippen LogP contribution in [0.4, 0.5) is 8.78 Å². The number of rotatable bonds is 4. The average Bonchev–Trinajstić information content (AvgIpc) is 1.81. The van der Waals surface area contributed by atoms with Crippen molar-refractivity contribution in [2.24, 2.45) is 4.99 Å². The van der Waals surface area contributed by atoms with Gasteiger partial charge in [0.05, 0.1) is 0 Å². The van der Waals surface area contributed by atoms with Gasteiger partial charge < -0.3 is 0 Å². The molecule has 3 heteroatoms. The van der Waals surface area contributed by atoms with Gasteiger partial charge in [0.25, 0.3) is 0 Å². The van der Waals surface area contributed by atoms with E-state index in [0.717, 1.165) is 6.92 Å². The molecule has 10 heavy (non-hydrogen) atoms. The van der Waals surface area contributed by atoms with Crippen molar-refractivity contribution in [2.45, 2.75) is 25.7 Å². The largest absolute Gasteiger partial charge is 0.270 e. The van der Waals surface area contributed by atoms with Crippen LogP contribution in [0.2, 0.25) is 0 Å². The summed E-state index contributed by atoms with van der Waals surface area (Å²) in [5.41, 5.74) is 0.418. The second-order valence-corrected chi connectivity index (χ2v) is 2.29. The van der Waals surface area contributed by atoms with E-state index in [4.69, 9.17) is 0 Å². The molecule has 0 N–H and O–H groups in total. The summed E-state index contributed by atoms with van der Waals surface area (Å²) < 4.78 is 24.2. The molecule has 1 nitrogen and oxygen atoms in total. The smallest absolute Gasteiger partial charge is 0.245 e. The minimum absolute atomic E-state index is 0.204. The number of alkyl halides is 2. The van der Waals surface area contributed by atoms with Gasteiger partial charge in [-0.25, -0.2) is 8.78 Å². The number of aliphatic imine (C=N–C) groups is 1. The maximum atomic E-state index is 12.1. The second-order valence-electron chi connectivity index (χ2n) is 2.29. The first-order valence-corrected chi connectivity index (χ1v) is 2.98. The highest BCUT2D eigenvalue weighted by Gasteiger charge is 2.20. The van der Waals surface area contributed by atoms with Crippen LogP contribution in [0.5, 0.6) is 0 Å². The minimum atomic E-state index is -2.62. The monoisotopic (exact) mass is 147 g/mol. The average molecular weight is 147 g/mol. The van der Waals surface area contributed by atoms with E-state index >= 15 is 0 Å². The van der Waals surface area contributed by atoms with Crippen molar-refractivity contribution in [3.63, 3.8) is 0 Å². The second kappa shape index (κ2) is 3.44. The molecule has 0 unspecified atom stereocenters. The Labute approximate surface area is 59.5 Å². The van der Waals surface area contributed by atoms with Gasteiger partial charge in [-0.05, 0) is 20.1 Å². The minimum Gasteiger partial charge on any atom is -0.270 e. The first-order valence-electron chi connectivity index (χ1n) is 2.98. The molecular weight excluding hydrogens is 136 g/mol. The first-order chi connectivity index (χ1) is 4.45.